The lowest BCUT2D eigenvalue weighted by Gasteiger charge is -2.41. The van der Waals surface area contributed by atoms with E-state index < -0.39 is 6.23 Å². The molecule has 0 fully saturated rings. The van der Waals surface area contributed by atoms with E-state index in [0.717, 1.165) is 38.5 Å². The Kier molecular flexibility index (Phi) is 17.1. The highest BCUT2D eigenvalue weighted by molar-refractivity contribution is 6.04. The van der Waals surface area contributed by atoms with Crippen LogP contribution in [0.15, 0.2) is 52.6 Å². The van der Waals surface area contributed by atoms with Crippen molar-refractivity contribution in [3.05, 3.63) is 58.7 Å². The lowest BCUT2D eigenvalue weighted by molar-refractivity contribution is 0.0507. The van der Waals surface area contributed by atoms with Crippen molar-refractivity contribution in [1.82, 2.24) is 0 Å². The van der Waals surface area contributed by atoms with Crippen LogP contribution in [0.25, 0.3) is 0 Å². The number of aliphatic imine (C=N–C) groups is 1. The first-order chi connectivity index (χ1) is 25.3. The number of allylic oxidation sites excluding steroid dienone is 4. The molecule has 9 nitrogen and oxygen atoms in total. The number of Topliss-reactive ketones (excluding diaryl/α,β-unsaturated/α-hetero) is 2. The number of methoxy groups -OCH3 is 2. The summed E-state index contributed by atoms with van der Waals surface area (Å²) in [5, 5.41) is 11.6. The fourth-order valence-corrected chi connectivity index (χ4v) is 6.92. The second kappa shape index (κ2) is 21.0. The lowest BCUT2D eigenvalue weighted by Crippen LogP contribution is -2.45. The summed E-state index contributed by atoms with van der Waals surface area (Å²) in [5.41, 5.74) is 4.75. The molecule has 0 aliphatic carbocycles. The fourth-order valence-electron chi connectivity index (χ4n) is 6.92. The predicted octanol–water partition coefficient (Wildman–Crippen LogP) is 10.2. The van der Waals surface area contributed by atoms with Crippen molar-refractivity contribution in [3.63, 3.8) is 0 Å². The summed E-state index contributed by atoms with van der Waals surface area (Å²) in [7, 11) is 4.98. The van der Waals surface area contributed by atoms with Crippen molar-refractivity contribution in [2.45, 2.75) is 107 Å². The van der Waals surface area contributed by atoms with Gasteiger partial charge >= 0.3 is 0 Å². The molecule has 5 atom stereocenters. The Balaban J connectivity index is 1.68. The molecule has 2 aromatic rings. The average molecular weight is 733 g/mol. The second-order valence-electron chi connectivity index (χ2n) is 14.6. The van der Waals surface area contributed by atoms with E-state index in [1.54, 1.807) is 37.3 Å². The number of hydrogen-bond acceptors (Lipinski definition) is 9. The summed E-state index contributed by atoms with van der Waals surface area (Å²) >= 11 is 0. The molecule has 2 aromatic carbocycles. The van der Waals surface area contributed by atoms with Gasteiger partial charge in [-0.25, -0.2) is 0 Å². The third kappa shape index (κ3) is 11.4. The molecular weight excluding hydrogens is 668 g/mol. The maximum absolute atomic E-state index is 13.8. The zero-order valence-electron chi connectivity index (χ0n) is 34.1. The zero-order valence-corrected chi connectivity index (χ0v) is 34.1. The number of aliphatic hydroxyl groups excluding tert-OH is 1. The Morgan fingerprint density at radius 1 is 0.906 bits per heavy atom. The van der Waals surface area contributed by atoms with E-state index in [9.17, 15) is 14.7 Å². The van der Waals surface area contributed by atoms with Crippen LogP contribution >= 0.6 is 0 Å². The number of carbonyl (C=O) groups is 2. The number of anilines is 1. The van der Waals surface area contributed by atoms with Gasteiger partial charge in [-0.05, 0) is 97.1 Å². The van der Waals surface area contributed by atoms with Gasteiger partial charge in [0.2, 0.25) is 0 Å². The van der Waals surface area contributed by atoms with Gasteiger partial charge < -0.3 is 29.0 Å². The van der Waals surface area contributed by atoms with Gasteiger partial charge in [-0.2, -0.15) is 0 Å². The Labute approximate surface area is 318 Å². The Morgan fingerprint density at radius 2 is 1.51 bits per heavy atom. The number of nitrogens with zero attached hydrogens (tertiary/aromatic N) is 2. The lowest BCUT2D eigenvalue weighted by atomic mass is 9.74. The first-order valence-electron chi connectivity index (χ1n) is 19.2. The van der Waals surface area contributed by atoms with Crippen LogP contribution in [0.1, 0.15) is 121 Å². The Hall–Kier alpha value is -4.11. The molecule has 1 heterocycles. The number of rotatable bonds is 19. The van der Waals surface area contributed by atoms with Crippen molar-refractivity contribution in [2.75, 3.05) is 39.4 Å². The van der Waals surface area contributed by atoms with Gasteiger partial charge in [0.25, 0.3) is 0 Å². The van der Waals surface area contributed by atoms with Crippen molar-refractivity contribution < 1.29 is 33.6 Å². The van der Waals surface area contributed by atoms with Crippen LogP contribution < -0.4 is 23.8 Å². The van der Waals surface area contributed by atoms with Crippen LogP contribution in [0.4, 0.5) is 11.4 Å². The minimum Gasteiger partial charge on any atom is -0.493 e. The van der Waals surface area contributed by atoms with Gasteiger partial charge in [0.15, 0.2) is 34.6 Å². The van der Waals surface area contributed by atoms with Crippen molar-refractivity contribution >= 4 is 29.2 Å². The first kappa shape index (κ1) is 43.3. The number of fused-ring (bicyclic) bond motifs is 1. The third-order valence-electron chi connectivity index (χ3n) is 10.8. The third-order valence-corrected chi connectivity index (χ3v) is 10.8. The van der Waals surface area contributed by atoms with E-state index in [0.29, 0.717) is 65.1 Å². The second-order valence-corrected chi connectivity index (χ2v) is 14.6. The standard InChI is InChI=1S/C44H64N2O7/c1-12-18-33(21-28(4)13-2)27-45-37-25-41(39(50-10)23-35(37)32(8)47)52-19-16-15-17-20-53-42-26-38-36(24-40(42)51-11)43(48)31(7)30(6)34(22-29(5)14-3)44(49)46(38)9/h13-14,23-27,30-31,33-34,44,49H,12,15-22H2,1-11H3/b28-13-,29-14-,45-27-. The molecule has 0 aromatic heterocycles. The Bertz CT molecular complexity index is 1630. The molecule has 0 amide bonds. The van der Waals surface area contributed by atoms with Crippen LogP contribution in [0, 0.1) is 23.7 Å². The van der Waals surface area contributed by atoms with Crippen LogP contribution in [-0.4, -0.2) is 63.6 Å². The van der Waals surface area contributed by atoms with E-state index in [1.807, 2.05) is 33.2 Å². The van der Waals surface area contributed by atoms with E-state index in [-0.39, 0.29) is 35.2 Å². The summed E-state index contributed by atoms with van der Waals surface area (Å²) in [5.74, 6) is 1.90. The van der Waals surface area contributed by atoms with E-state index in [4.69, 9.17) is 23.9 Å². The van der Waals surface area contributed by atoms with Crippen LogP contribution in [-0.2, 0) is 0 Å². The van der Waals surface area contributed by atoms with Gasteiger partial charge in [0.1, 0.15) is 6.23 Å². The smallest absolute Gasteiger partial charge is 0.168 e. The quantitative estimate of drug-likeness (QED) is 0.0658. The number of unbranched alkanes of at least 4 members (excludes halogenated alkanes) is 2. The van der Waals surface area contributed by atoms with Crippen LogP contribution in [0.5, 0.6) is 23.0 Å². The molecule has 9 heteroatoms. The van der Waals surface area contributed by atoms with Crippen molar-refractivity contribution in [2.24, 2.45) is 28.7 Å². The number of ether oxygens (including phenoxy) is 4. The number of carbonyl (C=O) groups excluding carboxylic acids is 2. The average Bonchev–Trinajstić information content (AvgIpc) is 3.16. The first-order valence-corrected chi connectivity index (χ1v) is 19.2. The molecular formula is C44H64N2O7. The maximum Gasteiger partial charge on any atom is 0.168 e. The summed E-state index contributed by atoms with van der Waals surface area (Å²) < 4.78 is 23.7. The highest BCUT2D eigenvalue weighted by Crippen LogP contribution is 2.43. The normalized spacial score (nSPS) is 20.2. The van der Waals surface area contributed by atoms with Crippen molar-refractivity contribution in [1.29, 1.82) is 0 Å². The Morgan fingerprint density at radius 3 is 2.08 bits per heavy atom. The predicted molar refractivity (Wildman–Crippen MR) is 216 cm³/mol. The van der Waals surface area contributed by atoms with Gasteiger partial charge in [-0.1, -0.05) is 50.5 Å². The summed E-state index contributed by atoms with van der Waals surface area (Å²) in [4.78, 5) is 32.9. The van der Waals surface area contributed by atoms with Gasteiger partial charge in [-0.3, -0.25) is 14.6 Å². The maximum atomic E-state index is 13.8. The van der Waals surface area contributed by atoms with E-state index in [2.05, 4.69) is 46.8 Å². The van der Waals surface area contributed by atoms with Crippen LogP contribution in [0.3, 0.4) is 0 Å². The molecule has 292 valence electrons. The number of benzene rings is 2. The number of hydrogen-bond donors (Lipinski definition) is 1. The zero-order chi connectivity index (χ0) is 39.2. The minimum atomic E-state index is -0.777. The monoisotopic (exact) mass is 732 g/mol. The summed E-state index contributed by atoms with van der Waals surface area (Å²) in [6.07, 6.45) is 11.5. The van der Waals surface area contributed by atoms with Gasteiger partial charge in [-0.15, -0.1) is 0 Å². The number of ketones is 2. The minimum absolute atomic E-state index is 0.0219. The molecule has 0 saturated heterocycles. The molecule has 0 radical (unpaired) electrons. The molecule has 0 spiro atoms. The van der Waals surface area contributed by atoms with Crippen LogP contribution in [0.2, 0.25) is 0 Å². The number of aliphatic hydroxyl groups is 1. The highest BCUT2D eigenvalue weighted by Gasteiger charge is 2.39. The van der Waals surface area contributed by atoms with Gasteiger partial charge in [0, 0.05) is 48.4 Å². The highest BCUT2D eigenvalue weighted by atomic mass is 16.5. The van der Waals surface area contributed by atoms with E-state index in [1.165, 1.54) is 18.1 Å². The molecule has 53 heavy (non-hydrogen) atoms. The molecule has 1 aliphatic heterocycles. The van der Waals surface area contributed by atoms with Gasteiger partial charge in [0.05, 0.1) is 38.8 Å². The topological polar surface area (TPSA) is 107 Å². The SMILES string of the molecule is C/C=C(/C)CC(/C=N\c1cc(OCCCCCOc2cc3c(cc2OC)C(=O)C(C)C(C)C(C/C(C)=C\C)C(O)N3C)c(OC)cc1C(C)=O)CCC. The largest absolute Gasteiger partial charge is 0.493 e. The molecule has 0 bridgehead atoms. The van der Waals surface area contributed by atoms with Crippen molar-refractivity contribution in [3.8, 4) is 23.0 Å². The summed E-state index contributed by atoms with van der Waals surface area (Å²) in [6.45, 7) is 16.9. The molecule has 5 unspecified atom stereocenters. The molecule has 1 N–H and O–H groups in total. The van der Waals surface area contributed by atoms with E-state index >= 15 is 0 Å². The summed E-state index contributed by atoms with van der Waals surface area (Å²) in [6, 6.07) is 7.09. The molecule has 0 saturated carbocycles. The fraction of sp³-hybridized carbons (Fsp3) is 0.568. The molecule has 1 aliphatic rings. The molecule has 3 rings (SSSR count).